The third-order valence-electron chi connectivity index (χ3n) is 3.97. The normalized spacial score (nSPS) is 10.9. The van der Waals surface area contributed by atoms with Gasteiger partial charge in [0.1, 0.15) is 5.82 Å². The number of nitrogen functional groups attached to an aromatic ring is 1. The molecule has 1 aromatic carbocycles. The summed E-state index contributed by atoms with van der Waals surface area (Å²) in [7, 11) is 4.05. The summed E-state index contributed by atoms with van der Waals surface area (Å²) >= 11 is 0. The van der Waals surface area contributed by atoms with E-state index in [1.54, 1.807) is 0 Å². The lowest BCUT2D eigenvalue weighted by Crippen LogP contribution is -2.08. The standard InChI is InChI=1S/C18H20N4/c1-11-9-15-17(20-12(11)2)10-16(21-18(15)19)13-5-7-14(8-6-13)22(3)4/h5-10H,1-4H3,(H2,19,21). The second kappa shape index (κ2) is 5.30. The fourth-order valence-corrected chi connectivity index (χ4v) is 2.47. The van der Waals surface area contributed by atoms with Gasteiger partial charge in [0.25, 0.3) is 0 Å². The molecule has 0 spiro atoms. The summed E-state index contributed by atoms with van der Waals surface area (Å²) in [5, 5.41) is 0.914. The average molecular weight is 292 g/mol. The summed E-state index contributed by atoms with van der Waals surface area (Å²) in [6.45, 7) is 4.05. The Hall–Kier alpha value is -2.62. The van der Waals surface area contributed by atoms with E-state index in [0.29, 0.717) is 5.82 Å². The number of aromatic nitrogens is 2. The average Bonchev–Trinajstić information content (AvgIpc) is 2.49. The molecule has 112 valence electrons. The first kappa shape index (κ1) is 14.3. The first-order valence-corrected chi connectivity index (χ1v) is 7.28. The molecule has 0 aliphatic carbocycles. The molecule has 0 atom stereocenters. The van der Waals surface area contributed by atoms with Gasteiger partial charge in [-0.2, -0.15) is 0 Å². The van der Waals surface area contributed by atoms with Crippen LogP contribution in [0.1, 0.15) is 11.3 Å². The predicted molar refractivity (Wildman–Crippen MR) is 93.2 cm³/mol. The lowest BCUT2D eigenvalue weighted by atomic mass is 10.1. The number of benzene rings is 1. The van der Waals surface area contributed by atoms with E-state index in [4.69, 9.17) is 5.73 Å². The SMILES string of the molecule is Cc1cc2c(N)nc(-c3ccc(N(C)C)cc3)cc2nc1C. The lowest BCUT2D eigenvalue weighted by Gasteiger charge is -2.13. The molecule has 3 rings (SSSR count). The number of anilines is 2. The summed E-state index contributed by atoms with van der Waals surface area (Å²) < 4.78 is 0. The minimum atomic E-state index is 0.528. The Morgan fingerprint density at radius 1 is 0.955 bits per heavy atom. The number of rotatable bonds is 2. The van der Waals surface area contributed by atoms with E-state index in [-0.39, 0.29) is 0 Å². The number of hydrogen-bond acceptors (Lipinski definition) is 4. The summed E-state index contributed by atoms with van der Waals surface area (Å²) in [5.74, 6) is 0.528. The topological polar surface area (TPSA) is 55.0 Å². The van der Waals surface area contributed by atoms with E-state index in [2.05, 4.69) is 45.2 Å². The molecule has 22 heavy (non-hydrogen) atoms. The van der Waals surface area contributed by atoms with Gasteiger partial charge in [0.15, 0.2) is 0 Å². The van der Waals surface area contributed by atoms with Gasteiger partial charge in [-0.05, 0) is 43.7 Å². The van der Waals surface area contributed by atoms with Crippen LogP contribution in [0, 0.1) is 13.8 Å². The molecule has 2 aromatic heterocycles. The van der Waals surface area contributed by atoms with Crippen LogP contribution in [0.5, 0.6) is 0 Å². The number of hydrogen-bond donors (Lipinski definition) is 1. The van der Waals surface area contributed by atoms with Crippen molar-refractivity contribution in [2.45, 2.75) is 13.8 Å². The molecule has 0 radical (unpaired) electrons. The molecular weight excluding hydrogens is 272 g/mol. The summed E-state index contributed by atoms with van der Waals surface area (Å²) in [6, 6.07) is 12.3. The van der Waals surface area contributed by atoms with Crippen molar-refractivity contribution in [3.05, 3.63) is 47.7 Å². The summed E-state index contributed by atoms with van der Waals surface area (Å²) in [5.41, 5.74) is 12.2. The summed E-state index contributed by atoms with van der Waals surface area (Å²) in [6.07, 6.45) is 0. The van der Waals surface area contributed by atoms with Crippen molar-refractivity contribution in [1.82, 2.24) is 9.97 Å². The largest absolute Gasteiger partial charge is 0.383 e. The van der Waals surface area contributed by atoms with Crippen LogP contribution >= 0.6 is 0 Å². The van der Waals surface area contributed by atoms with Crippen LogP contribution in [-0.2, 0) is 0 Å². The molecule has 0 aliphatic heterocycles. The third kappa shape index (κ3) is 2.48. The van der Waals surface area contributed by atoms with Crippen molar-refractivity contribution in [3.63, 3.8) is 0 Å². The minimum Gasteiger partial charge on any atom is -0.383 e. The zero-order valence-electron chi connectivity index (χ0n) is 13.4. The van der Waals surface area contributed by atoms with Gasteiger partial charge in [-0.25, -0.2) is 4.98 Å². The Kier molecular flexibility index (Phi) is 3.45. The fraction of sp³-hybridized carbons (Fsp3) is 0.222. The molecule has 4 heteroatoms. The van der Waals surface area contributed by atoms with E-state index in [1.165, 1.54) is 0 Å². The molecule has 3 aromatic rings. The van der Waals surface area contributed by atoms with Crippen molar-refractivity contribution in [2.24, 2.45) is 0 Å². The van der Waals surface area contributed by atoms with Gasteiger partial charge in [0.2, 0.25) is 0 Å². The number of aryl methyl sites for hydroxylation is 2. The molecule has 0 aliphatic rings. The fourth-order valence-electron chi connectivity index (χ4n) is 2.47. The zero-order valence-corrected chi connectivity index (χ0v) is 13.4. The number of fused-ring (bicyclic) bond motifs is 1. The van der Waals surface area contributed by atoms with Gasteiger partial charge in [0, 0.05) is 36.4 Å². The van der Waals surface area contributed by atoms with Crippen LogP contribution in [0.2, 0.25) is 0 Å². The second-order valence-electron chi connectivity index (χ2n) is 5.79. The van der Waals surface area contributed by atoms with E-state index in [9.17, 15) is 0 Å². The van der Waals surface area contributed by atoms with Crippen molar-refractivity contribution >= 4 is 22.4 Å². The van der Waals surface area contributed by atoms with E-state index < -0.39 is 0 Å². The quantitative estimate of drug-likeness (QED) is 0.784. The molecule has 4 nitrogen and oxygen atoms in total. The van der Waals surface area contributed by atoms with Crippen LogP contribution in [0.3, 0.4) is 0 Å². The molecule has 0 amide bonds. The van der Waals surface area contributed by atoms with Crippen LogP contribution < -0.4 is 10.6 Å². The highest BCUT2D eigenvalue weighted by atomic mass is 15.1. The van der Waals surface area contributed by atoms with Gasteiger partial charge >= 0.3 is 0 Å². The monoisotopic (exact) mass is 292 g/mol. The van der Waals surface area contributed by atoms with Crippen molar-refractivity contribution in [1.29, 1.82) is 0 Å². The number of pyridine rings is 2. The lowest BCUT2D eigenvalue weighted by molar-refractivity contribution is 1.13. The van der Waals surface area contributed by atoms with Gasteiger partial charge in [0.05, 0.1) is 11.2 Å². The van der Waals surface area contributed by atoms with E-state index >= 15 is 0 Å². The second-order valence-corrected chi connectivity index (χ2v) is 5.79. The number of nitrogens with zero attached hydrogens (tertiary/aromatic N) is 3. The maximum Gasteiger partial charge on any atom is 0.133 e. The Morgan fingerprint density at radius 3 is 2.27 bits per heavy atom. The molecule has 0 fully saturated rings. The molecular formula is C18H20N4. The Balaban J connectivity index is 2.13. The Labute approximate surface area is 130 Å². The molecule has 0 unspecified atom stereocenters. The maximum atomic E-state index is 6.13. The molecule has 0 saturated carbocycles. The first-order chi connectivity index (χ1) is 10.5. The van der Waals surface area contributed by atoms with Crippen molar-refractivity contribution < 1.29 is 0 Å². The third-order valence-corrected chi connectivity index (χ3v) is 3.97. The highest BCUT2D eigenvalue weighted by molar-refractivity contribution is 5.91. The van der Waals surface area contributed by atoms with Crippen molar-refractivity contribution in [3.8, 4) is 11.3 Å². The van der Waals surface area contributed by atoms with Crippen molar-refractivity contribution in [2.75, 3.05) is 24.7 Å². The van der Waals surface area contributed by atoms with Gasteiger partial charge in [-0.1, -0.05) is 12.1 Å². The molecule has 0 bridgehead atoms. The molecule has 2 heterocycles. The first-order valence-electron chi connectivity index (χ1n) is 7.28. The highest BCUT2D eigenvalue weighted by Crippen LogP contribution is 2.27. The van der Waals surface area contributed by atoms with Gasteiger partial charge < -0.3 is 10.6 Å². The Morgan fingerprint density at radius 2 is 1.64 bits per heavy atom. The summed E-state index contributed by atoms with van der Waals surface area (Å²) in [4.78, 5) is 11.2. The van der Waals surface area contributed by atoms with Crippen LogP contribution in [0.25, 0.3) is 22.2 Å². The smallest absolute Gasteiger partial charge is 0.133 e. The molecule has 0 saturated heterocycles. The van der Waals surface area contributed by atoms with Crippen LogP contribution in [0.15, 0.2) is 36.4 Å². The Bertz CT molecular complexity index is 836. The minimum absolute atomic E-state index is 0.528. The highest BCUT2D eigenvalue weighted by Gasteiger charge is 2.08. The van der Waals surface area contributed by atoms with E-state index in [1.807, 2.05) is 34.0 Å². The van der Waals surface area contributed by atoms with Gasteiger partial charge in [-0.15, -0.1) is 0 Å². The van der Waals surface area contributed by atoms with Gasteiger partial charge in [-0.3, -0.25) is 4.98 Å². The number of nitrogens with two attached hydrogens (primary N) is 1. The predicted octanol–water partition coefficient (Wildman–Crippen LogP) is 3.56. The zero-order chi connectivity index (χ0) is 15.9. The van der Waals surface area contributed by atoms with E-state index in [0.717, 1.165) is 39.1 Å². The van der Waals surface area contributed by atoms with Crippen LogP contribution in [-0.4, -0.2) is 24.1 Å². The van der Waals surface area contributed by atoms with Crippen LogP contribution in [0.4, 0.5) is 11.5 Å². The maximum absolute atomic E-state index is 6.13. The molecule has 2 N–H and O–H groups in total.